The number of fused-ring (bicyclic) bond motifs is 2. The predicted octanol–water partition coefficient (Wildman–Crippen LogP) is 4.68. The van der Waals surface area contributed by atoms with Gasteiger partial charge in [0.15, 0.2) is 10.9 Å². The molecule has 1 saturated heterocycles. The summed E-state index contributed by atoms with van der Waals surface area (Å²) in [6.45, 7) is 3.02. The largest absolute Gasteiger partial charge is 0.416 e. The number of Topliss-reactive ketones (excluding diaryl/α,β-unsaturated/α-hetero) is 1. The average Bonchev–Trinajstić information content (AvgIpc) is 3.41. The fourth-order valence-electron chi connectivity index (χ4n) is 4.31. The fraction of sp³-hybridized carbons (Fsp3) is 0.360. The lowest BCUT2D eigenvalue weighted by molar-refractivity contribution is -0.137. The average molecular weight is 531 g/mol. The molecule has 1 aliphatic heterocycles. The van der Waals surface area contributed by atoms with Crippen LogP contribution in [-0.2, 0) is 18.0 Å². The monoisotopic (exact) mass is 530 g/mol. The van der Waals surface area contributed by atoms with E-state index in [1.165, 1.54) is 6.07 Å². The Balaban J connectivity index is 1.29. The normalized spacial score (nSPS) is 15.0. The molecule has 0 atom stereocenters. The summed E-state index contributed by atoms with van der Waals surface area (Å²) in [5.74, 6) is 0.307. The maximum Gasteiger partial charge on any atom is 0.416 e. The van der Waals surface area contributed by atoms with Crippen molar-refractivity contribution in [1.82, 2.24) is 24.3 Å². The number of alkyl halides is 3. The van der Waals surface area contributed by atoms with E-state index in [9.17, 15) is 22.8 Å². The number of ketones is 1. The van der Waals surface area contributed by atoms with Crippen molar-refractivity contribution in [2.45, 2.75) is 19.0 Å². The smallest absolute Gasteiger partial charge is 0.340 e. The Morgan fingerprint density at radius 3 is 2.46 bits per heavy atom. The quantitative estimate of drug-likeness (QED) is 0.365. The number of carbonyl (C=O) groups excluding carboxylic acids is 2. The molecule has 1 fully saturated rings. The van der Waals surface area contributed by atoms with E-state index in [4.69, 9.17) is 0 Å². The summed E-state index contributed by atoms with van der Waals surface area (Å²) in [4.78, 5) is 38.2. The number of nitrogens with one attached hydrogen (secondary N) is 1. The maximum absolute atomic E-state index is 13.0. The zero-order chi connectivity index (χ0) is 26.3. The molecule has 2 aromatic carbocycles. The molecule has 2 aromatic heterocycles. The highest BCUT2D eigenvalue weighted by atomic mass is 32.1. The van der Waals surface area contributed by atoms with Crippen LogP contribution in [0.5, 0.6) is 0 Å². The van der Waals surface area contributed by atoms with Gasteiger partial charge in [0, 0.05) is 51.6 Å². The first-order valence-corrected chi connectivity index (χ1v) is 12.6. The first-order chi connectivity index (χ1) is 17.6. The Hall–Kier alpha value is -3.51. The standard InChI is InChI=1S/C25H25F3N6O2S/c1-32-9-11-34(12-10-32)22(36)8-7-20(35)15-3-6-19-18(13-15)29-23(33(19)2)31-24-30-17-5-4-16(25(26,27)28)14-21(17)37-24/h3-6,13-14H,7-12H2,1-2H3,(H,29,30,31). The molecule has 1 N–H and O–H groups in total. The van der Waals surface area contributed by atoms with Gasteiger partial charge in [-0.2, -0.15) is 13.2 Å². The van der Waals surface area contributed by atoms with E-state index in [2.05, 4.69) is 20.2 Å². The minimum absolute atomic E-state index is 0.00922. The molecule has 0 radical (unpaired) electrons. The molecule has 3 heterocycles. The molecule has 1 amide bonds. The van der Waals surface area contributed by atoms with Crippen LogP contribution in [0.3, 0.4) is 0 Å². The van der Waals surface area contributed by atoms with Gasteiger partial charge in [-0.1, -0.05) is 11.3 Å². The van der Waals surface area contributed by atoms with Crippen molar-refractivity contribution in [3.63, 3.8) is 0 Å². The highest BCUT2D eigenvalue weighted by molar-refractivity contribution is 7.22. The van der Waals surface area contributed by atoms with Gasteiger partial charge in [-0.25, -0.2) is 9.97 Å². The van der Waals surface area contributed by atoms with Crippen LogP contribution in [0, 0.1) is 0 Å². The Bertz CT molecular complexity index is 1490. The molecule has 0 saturated carbocycles. The van der Waals surface area contributed by atoms with Crippen LogP contribution in [-0.4, -0.2) is 69.3 Å². The van der Waals surface area contributed by atoms with Crippen LogP contribution >= 0.6 is 11.3 Å². The molecule has 0 aliphatic carbocycles. The van der Waals surface area contributed by atoms with E-state index in [0.717, 1.165) is 42.1 Å². The molecular weight excluding hydrogens is 505 g/mol. The van der Waals surface area contributed by atoms with Crippen molar-refractivity contribution < 1.29 is 22.8 Å². The Morgan fingerprint density at radius 2 is 1.73 bits per heavy atom. The zero-order valence-electron chi connectivity index (χ0n) is 20.3. The number of thiazole rings is 1. The number of piperazine rings is 1. The Labute approximate surface area is 214 Å². The number of nitrogens with zero attached hydrogens (tertiary/aromatic N) is 5. The van der Waals surface area contributed by atoms with Crippen LogP contribution in [0.1, 0.15) is 28.8 Å². The lowest BCUT2D eigenvalue weighted by atomic mass is 10.1. The molecular formula is C25H25F3N6O2S. The number of hydrogen-bond acceptors (Lipinski definition) is 7. The minimum atomic E-state index is -4.42. The van der Waals surface area contributed by atoms with Crippen LogP contribution < -0.4 is 5.32 Å². The van der Waals surface area contributed by atoms with Gasteiger partial charge in [0.05, 0.1) is 26.8 Å². The summed E-state index contributed by atoms with van der Waals surface area (Å²) in [5, 5.41) is 3.49. The van der Waals surface area contributed by atoms with Crippen molar-refractivity contribution >= 4 is 55.4 Å². The number of amides is 1. The predicted molar refractivity (Wildman–Crippen MR) is 136 cm³/mol. The number of anilines is 2. The molecule has 37 heavy (non-hydrogen) atoms. The summed E-state index contributed by atoms with van der Waals surface area (Å²) in [6.07, 6.45) is -4.13. The van der Waals surface area contributed by atoms with Crippen LogP contribution in [0.15, 0.2) is 36.4 Å². The summed E-state index contributed by atoms with van der Waals surface area (Å²) in [6, 6.07) is 8.64. The number of rotatable bonds is 6. The molecule has 0 spiro atoms. The van der Waals surface area contributed by atoms with Crippen molar-refractivity contribution in [2.75, 3.05) is 38.5 Å². The number of aryl methyl sites for hydroxylation is 1. The molecule has 5 rings (SSSR count). The number of benzene rings is 2. The zero-order valence-corrected chi connectivity index (χ0v) is 21.1. The Kier molecular flexibility index (Phi) is 6.63. The highest BCUT2D eigenvalue weighted by Gasteiger charge is 2.30. The van der Waals surface area contributed by atoms with E-state index in [0.29, 0.717) is 45.5 Å². The van der Waals surface area contributed by atoms with E-state index in [-0.39, 0.29) is 24.5 Å². The summed E-state index contributed by atoms with van der Waals surface area (Å²) in [7, 11) is 3.81. The van der Waals surface area contributed by atoms with E-state index < -0.39 is 11.7 Å². The van der Waals surface area contributed by atoms with Crippen LogP contribution in [0.4, 0.5) is 24.3 Å². The lowest BCUT2D eigenvalue weighted by Crippen LogP contribution is -2.47. The van der Waals surface area contributed by atoms with Crippen LogP contribution in [0.25, 0.3) is 21.3 Å². The summed E-state index contributed by atoms with van der Waals surface area (Å²) >= 11 is 1.10. The third-order valence-electron chi connectivity index (χ3n) is 6.56. The van der Waals surface area contributed by atoms with E-state index in [1.54, 1.807) is 34.7 Å². The molecule has 8 nitrogen and oxygen atoms in total. The fourth-order valence-corrected chi connectivity index (χ4v) is 5.21. The number of carbonyl (C=O) groups is 2. The second-order valence-electron chi connectivity index (χ2n) is 9.13. The van der Waals surface area contributed by atoms with Crippen LogP contribution in [0.2, 0.25) is 0 Å². The van der Waals surface area contributed by atoms with Gasteiger partial charge in [0.1, 0.15) is 0 Å². The molecule has 0 unspecified atom stereocenters. The number of hydrogen-bond donors (Lipinski definition) is 1. The molecule has 1 aliphatic rings. The van der Waals surface area contributed by atoms with Gasteiger partial charge in [0.25, 0.3) is 0 Å². The first kappa shape index (κ1) is 25.2. The maximum atomic E-state index is 13.0. The van der Waals surface area contributed by atoms with Crippen molar-refractivity contribution in [1.29, 1.82) is 0 Å². The van der Waals surface area contributed by atoms with Crippen molar-refractivity contribution in [2.24, 2.45) is 7.05 Å². The summed E-state index contributed by atoms with van der Waals surface area (Å²) < 4.78 is 41.3. The lowest BCUT2D eigenvalue weighted by Gasteiger charge is -2.32. The second-order valence-corrected chi connectivity index (χ2v) is 10.2. The third-order valence-corrected chi connectivity index (χ3v) is 7.49. The van der Waals surface area contributed by atoms with Gasteiger partial charge >= 0.3 is 6.18 Å². The van der Waals surface area contributed by atoms with Crippen molar-refractivity contribution in [3.8, 4) is 0 Å². The highest BCUT2D eigenvalue weighted by Crippen LogP contribution is 2.35. The van der Waals surface area contributed by atoms with E-state index in [1.807, 2.05) is 7.05 Å². The molecule has 0 bridgehead atoms. The molecule has 12 heteroatoms. The van der Waals surface area contributed by atoms with Gasteiger partial charge in [-0.15, -0.1) is 0 Å². The van der Waals surface area contributed by atoms with Crippen molar-refractivity contribution in [3.05, 3.63) is 47.5 Å². The molecule has 194 valence electrons. The second kappa shape index (κ2) is 9.75. The summed E-state index contributed by atoms with van der Waals surface area (Å²) in [5.41, 5.74) is 1.57. The molecule has 4 aromatic rings. The van der Waals surface area contributed by atoms with E-state index >= 15 is 0 Å². The van der Waals surface area contributed by atoms with Gasteiger partial charge in [-0.05, 0) is 43.4 Å². The van der Waals surface area contributed by atoms with Gasteiger partial charge in [-0.3, -0.25) is 9.59 Å². The minimum Gasteiger partial charge on any atom is -0.340 e. The number of aromatic nitrogens is 3. The third kappa shape index (κ3) is 5.30. The van der Waals surface area contributed by atoms with Gasteiger partial charge in [0.2, 0.25) is 11.9 Å². The van der Waals surface area contributed by atoms with Gasteiger partial charge < -0.3 is 19.7 Å². The number of likely N-dealkylation sites (N-methyl/N-ethyl adjacent to an activating group) is 1. The topological polar surface area (TPSA) is 83.4 Å². The number of halogens is 3. The Morgan fingerprint density at radius 1 is 0.973 bits per heavy atom. The number of imidazole rings is 1. The SMILES string of the molecule is CN1CCN(C(=O)CCC(=O)c2ccc3c(c2)nc(Nc2nc4ccc(C(F)(F)F)cc4s2)n3C)CC1. The first-order valence-electron chi connectivity index (χ1n) is 11.8.